The van der Waals surface area contributed by atoms with E-state index < -0.39 is 11.9 Å². The Morgan fingerprint density at radius 3 is 2.14 bits per heavy atom. The number of benzene rings is 1. The average molecular weight is 392 g/mol. The number of nitrogens with zero attached hydrogens (tertiary/aromatic N) is 1. The van der Waals surface area contributed by atoms with Crippen LogP contribution in [0.2, 0.25) is 0 Å². The minimum absolute atomic E-state index is 0.137. The summed E-state index contributed by atoms with van der Waals surface area (Å²) >= 11 is 0. The second kappa shape index (κ2) is 9.96. The summed E-state index contributed by atoms with van der Waals surface area (Å²) in [6.07, 6.45) is 2.99. The minimum Gasteiger partial charge on any atom is -0.497 e. The quantitative estimate of drug-likeness (QED) is 0.711. The fraction of sp³-hybridized carbons (Fsp3) is 0.550. The van der Waals surface area contributed by atoms with Gasteiger partial charge in [0.25, 0.3) is 11.8 Å². The maximum absolute atomic E-state index is 12.4. The molecule has 1 saturated heterocycles. The Morgan fingerprint density at radius 1 is 1.04 bits per heavy atom. The third-order valence-electron chi connectivity index (χ3n) is 4.85. The van der Waals surface area contributed by atoms with Gasteiger partial charge in [-0.1, -0.05) is 0 Å². The Bertz CT molecular complexity index is 688. The van der Waals surface area contributed by atoms with Crippen molar-refractivity contribution in [3.63, 3.8) is 0 Å². The summed E-state index contributed by atoms with van der Waals surface area (Å²) in [5.41, 5.74) is 0.288. The van der Waals surface area contributed by atoms with E-state index >= 15 is 0 Å². The maximum atomic E-state index is 12.4. The molecule has 0 bridgehead atoms. The fourth-order valence-corrected chi connectivity index (χ4v) is 3.37. The predicted octanol–water partition coefficient (Wildman–Crippen LogP) is 1.77. The van der Waals surface area contributed by atoms with Gasteiger partial charge in [-0.15, -0.1) is 0 Å². The van der Waals surface area contributed by atoms with Crippen molar-refractivity contribution in [2.24, 2.45) is 0 Å². The number of carbonyl (C=O) groups is 3. The van der Waals surface area contributed by atoms with Crippen LogP contribution in [0, 0.1) is 0 Å². The van der Waals surface area contributed by atoms with Crippen LogP contribution in [0.25, 0.3) is 0 Å². The van der Waals surface area contributed by atoms with E-state index in [0.29, 0.717) is 11.5 Å². The number of hydrogen-bond acceptors (Lipinski definition) is 6. The third-order valence-corrected chi connectivity index (χ3v) is 4.85. The van der Waals surface area contributed by atoms with Crippen molar-refractivity contribution in [2.45, 2.75) is 45.2 Å². The Balaban J connectivity index is 1.83. The molecule has 0 saturated carbocycles. The molecule has 154 valence electrons. The zero-order valence-corrected chi connectivity index (χ0v) is 16.8. The normalized spacial score (nSPS) is 18.9. The van der Waals surface area contributed by atoms with E-state index in [1.54, 1.807) is 11.0 Å². The SMILES string of the molecule is COc1cc(OC)cc(C(=O)NCC(=O)OCC(=O)N2[C@@H](C)CCC[C@@H]2C)c1. The lowest BCUT2D eigenvalue weighted by Gasteiger charge is -2.38. The van der Waals surface area contributed by atoms with Gasteiger partial charge in [0.05, 0.1) is 14.2 Å². The summed E-state index contributed by atoms with van der Waals surface area (Å²) in [5, 5.41) is 2.47. The summed E-state index contributed by atoms with van der Waals surface area (Å²) in [5.74, 6) is -0.436. The highest BCUT2D eigenvalue weighted by atomic mass is 16.5. The van der Waals surface area contributed by atoms with E-state index in [-0.39, 0.29) is 36.7 Å². The van der Waals surface area contributed by atoms with Crippen LogP contribution < -0.4 is 14.8 Å². The van der Waals surface area contributed by atoms with Crippen LogP contribution in [0.15, 0.2) is 18.2 Å². The minimum atomic E-state index is -0.672. The number of ether oxygens (including phenoxy) is 3. The van der Waals surface area contributed by atoms with Crippen LogP contribution in [-0.2, 0) is 14.3 Å². The van der Waals surface area contributed by atoms with E-state index in [9.17, 15) is 14.4 Å². The van der Waals surface area contributed by atoms with Gasteiger partial charge in [0.15, 0.2) is 6.61 Å². The number of amides is 2. The highest BCUT2D eigenvalue weighted by Gasteiger charge is 2.29. The molecule has 2 amide bonds. The van der Waals surface area contributed by atoms with E-state index in [4.69, 9.17) is 14.2 Å². The number of hydrogen-bond donors (Lipinski definition) is 1. The molecule has 0 aromatic heterocycles. The molecule has 0 unspecified atom stereocenters. The maximum Gasteiger partial charge on any atom is 0.325 e. The van der Waals surface area contributed by atoms with E-state index in [1.807, 2.05) is 13.8 Å². The Morgan fingerprint density at radius 2 is 1.61 bits per heavy atom. The highest BCUT2D eigenvalue weighted by Crippen LogP contribution is 2.23. The van der Waals surface area contributed by atoms with Crippen molar-refractivity contribution in [2.75, 3.05) is 27.4 Å². The van der Waals surface area contributed by atoms with Gasteiger partial charge in [-0.25, -0.2) is 0 Å². The highest BCUT2D eigenvalue weighted by molar-refractivity contribution is 5.96. The van der Waals surface area contributed by atoms with Gasteiger partial charge in [0, 0.05) is 23.7 Å². The molecule has 1 aliphatic rings. The largest absolute Gasteiger partial charge is 0.497 e. The second-order valence-electron chi connectivity index (χ2n) is 6.87. The zero-order chi connectivity index (χ0) is 20.7. The van der Waals surface area contributed by atoms with Gasteiger partial charge in [-0.05, 0) is 45.2 Å². The van der Waals surface area contributed by atoms with Gasteiger partial charge in [-0.2, -0.15) is 0 Å². The molecule has 2 rings (SSSR count). The molecular formula is C20H28N2O6. The molecule has 28 heavy (non-hydrogen) atoms. The number of piperidine rings is 1. The molecule has 1 heterocycles. The number of esters is 1. The van der Waals surface area contributed by atoms with Crippen molar-refractivity contribution >= 4 is 17.8 Å². The first kappa shape index (κ1) is 21.5. The average Bonchev–Trinajstić information content (AvgIpc) is 2.69. The van der Waals surface area contributed by atoms with Crippen LogP contribution in [-0.4, -0.2) is 62.1 Å². The lowest BCUT2D eigenvalue weighted by atomic mass is 9.97. The number of nitrogens with one attached hydrogen (secondary N) is 1. The topological polar surface area (TPSA) is 94.2 Å². The molecular weight excluding hydrogens is 364 g/mol. The van der Waals surface area contributed by atoms with Crippen molar-refractivity contribution in [1.82, 2.24) is 10.2 Å². The second-order valence-corrected chi connectivity index (χ2v) is 6.87. The third kappa shape index (κ3) is 5.61. The van der Waals surface area contributed by atoms with Crippen molar-refractivity contribution in [1.29, 1.82) is 0 Å². The number of likely N-dealkylation sites (tertiary alicyclic amines) is 1. The number of methoxy groups -OCH3 is 2. The lowest BCUT2D eigenvalue weighted by molar-refractivity contribution is -0.154. The van der Waals surface area contributed by atoms with Gasteiger partial charge in [-0.3, -0.25) is 14.4 Å². The van der Waals surface area contributed by atoms with Crippen LogP contribution in [0.1, 0.15) is 43.5 Å². The number of carbonyl (C=O) groups excluding carboxylic acids is 3. The summed E-state index contributed by atoms with van der Waals surface area (Å²) < 4.78 is 15.3. The molecule has 0 aliphatic carbocycles. The van der Waals surface area contributed by atoms with E-state index in [1.165, 1.54) is 26.4 Å². The Kier molecular flexibility index (Phi) is 7.66. The molecule has 8 heteroatoms. The molecule has 1 N–H and O–H groups in total. The zero-order valence-electron chi connectivity index (χ0n) is 16.8. The standard InChI is InChI=1S/C20H28N2O6/c1-13-6-5-7-14(2)22(13)18(23)12-28-19(24)11-21-20(25)15-8-16(26-3)10-17(9-15)27-4/h8-10,13-14H,5-7,11-12H2,1-4H3,(H,21,25)/t13-,14-/m0/s1. The smallest absolute Gasteiger partial charge is 0.325 e. The monoisotopic (exact) mass is 392 g/mol. The van der Waals surface area contributed by atoms with Gasteiger partial charge in [0.1, 0.15) is 18.0 Å². The van der Waals surface area contributed by atoms with Crippen LogP contribution >= 0.6 is 0 Å². The van der Waals surface area contributed by atoms with Crippen molar-refractivity contribution in [3.8, 4) is 11.5 Å². The molecule has 0 radical (unpaired) electrons. The lowest BCUT2D eigenvalue weighted by Crippen LogP contribution is -2.49. The number of rotatable bonds is 7. The summed E-state index contributed by atoms with van der Waals surface area (Å²) in [6, 6.07) is 4.98. The van der Waals surface area contributed by atoms with Gasteiger partial charge < -0.3 is 24.4 Å². The summed E-state index contributed by atoms with van der Waals surface area (Å²) in [7, 11) is 2.96. The van der Waals surface area contributed by atoms with E-state index in [0.717, 1.165) is 19.3 Å². The molecule has 8 nitrogen and oxygen atoms in total. The fourth-order valence-electron chi connectivity index (χ4n) is 3.37. The Labute approximate surface area is 165 Å². The Hall–Kier alpha value is -2.77. The van der Waals surface area contributed by atoms with Crippen molar-refractivity contribution < 1.29 is 28.6 Å². The molecule has 1 aliphatic heterocycles. The van der Waals surface area contributed by atoms with Crippen LogP contribution in [0.4, 0.5) is 0 Å². The van der Waals surface area contributed by atoms with E-state index in [2.05, 4.69) is 5.32 Å². The van der Waals surface area contributed by atoms with Crippen molar-refractivity contribution in [3.05, 3.63) is 23.8 Å². The van der Waals surface area contributed by atoms with Crippen LogP contribution in [0.5, 0.6) is 11.5 Å². The predicted molar refractivity (Wildman–Crippen MR) is 102 cm³/mol. The first-order chi connectivity index (χ1) is 13.3. The van der Waals surface area contributed by atoms with Gasteiger partial charge in [0.2, 0.25) is 0 Å². The summed E-state index contributed by atoms with van der Waals surface area (Å²) in [4.78, 5) is 38.3. The molecule has 0 spiro atoms. The van der Waals surface area contributed by atoms with Crippen LogP contribution in [0.3, 0.4) is 0 Å². The first-order valence-electron chi connectivity index (χ1n) is 9.33. The summed E-state index contributed by atoms with van der Waals surface area (Å²) in [6.45, 7) is 3.34. The molecule has 1 aromatic rings. The first-order valence-corrected chi connectivity index (χ1v) is 9.33. The van der Waals surface area contributed by atoms with Gasteiger partial charge >= 0.3 is 5.97 Å². The molecule has 1 aromatic carbocycles. The molecule has 1 fully saturated rings. The molecule has 2 atom stereocenters.